The lowest BCUT2D eigenvalue weighted by Gasteiger charge is -2.32. The van der Waals surface area contributed by atoms with Crippen LogP contribution in [0.15, 0.2) is 40.7 Å². The predicted molar refractivity (Wildman–Crippen MR) is 133 cm³/mol. The fraction of sp³-hybridized carbons (Fsp3) is 0.538. The molecule has 9 heteroatoms. The second kappa shape index (κ2) is 9.11. The van der Waals surface area contributed by atoms with E-state index in [1.807, 2.05) is 49.9 Å². The third-order valence-corrected chi connectivity index (χ3v) is 5.91. The van der Waals surface area contributed by atoms with E-state index in [4.69, 9.17) is 9.47 Å². The fourth-order valence-electron chi connectivity index (χ4n) is 4.44. The SMILES string of the molecule is CC(C)(C)OC(=O)N1CCCC(CC2=C3CN(C(=O)OC(C)(C)C)c4ccccc4[N+]3C=N2)C1=O. The van der Waals surface area contributed by atoms with Crippen molar-refractivity contribution in [2.24, 2.45) is 10.9 Å². The van der Waals surface area contributed by atoms with Crippen molar-refractivity contribution < 1.29 is 23.9 Å². The maximum absolute atomic E-state index is 13.2. The molecule has 1 aromatic carbocycles. The molecule has 1 atom stereocenters. The van der Waals surface area contributed by atoms with Gasteiger partial charge in [0.1, 0.15) is 29.1 Å². The van der Waals surface area contributed by atoms with Crippen molar-refractivity contribution in [3.05, 3.63) is 35.7 Å². The first-order valence-corrected chi connectivity index (χ1v) is 12.0. The van der Waals surface area contributed by atoms with Gasteiger partial charge in [-0.25, -0.2) is 14.5 Å². The molecule has 3 aliphatic rings. The normalized spacial score (nSPS) is 20.6. The number of para-hydroxylation sites is 2. The summed E-state index contributed by atoms with van der Waals surface area (Å²) in [5, 5.41) is 0. The average molecular weight is 483 g/mol. The first-order chi connectivity index (χ1) is 16.3. The molecule has 3 aliphatic heterocycles. The summed E-state index contributed by atoms with van der Waals surface area (Å²) in [6, 6.07) is 7.59. The summed E-state index contributed by atoms with van der Waals surface area (Å²) in [6.07, 6.45) is 2.44. The van der Waals surface area contributed by atoms with Gasteiger partial charge in [0.15, 0.2) is 0 Å². The Morgan fingerprint density at radius 2 is 1.66 bits per heavy atom. The zero-order valence-electron chi connectivity index (χ0n) is 21.3. The van der Waals surface area contributed by atoms with Gasteiger partial charge in [-0.3, -0.25) is 9.69 Å². The molecule has 35 heavy (non-hydrogen) atoms. The van der Waals surface area contributed by atoms with E-state index in [1.54, 1.807) is 32.0 Å². The molecule has 1 aromatic rings. The van der Waals surface area contributed by atoms with Gasteiger partial charge in [0.05, 0.1) is 0 Å². The smallest absolute Gasteiger partial charge is 0.417 e. The van der Waals surface area contributed by atoms with E-state index in [1.165, 1.54) is 4.90 Å². The number of carbonyl (C=O) groups excluding carboxylic acids is 3. The number of piperidine rings is 1. The van der Waals surface area contributed by atoms with Crippen molar-refractivity contribution in [1.82, 2.24) is 9.80 Å². The Labute approximate surface area is 206 Å². The van der Waals surface area contributed by atoms with Gasteiger partial charge in [0.2, 0.25) is 17.3 Å². The van der Waals surface area contributed by atoms with Crippen molar-refractivity contribution in [1.29, 1.82) is 0 Å². The Morgan fingerprint density at radius 3 is 2.31 bits per heavy atom. The summed E-state index contributed by atoms with van der Waals surface area (Å²) >= 11 is 0. The molecule has 0 N–H and O–H groups in total. The summed E-state index contributed by atoms with van der Waals surface area (Å²) in [5.74, 6) is -0.629. The highest BCUT2D eigenvalue weighted by atomic mass is 16.6. The van der Waals surface area contributed by atoms with Crippen LogP contribution in [0.2, 0.25) is 0 Å². The van der Waals surface area contributed by atoms with E-state index >= 15 is 0 Å². The minimum atomic E-state index is -0.675. The number of hydrogen-bond donors (Lipinski definition) is 0. The van der Waals surface area contributed by atoms with Crippen molar-refractivity contribution in [2.45, 2.75) is 72.0 Å². The van der Waals surface area contributed by atoms with Crippen molar-refractivity contribution in [3.63, 3.8) is 0 Å². The van der Waals surface area contributed by atoms with Gasteiger partial charge >= 0.3 is 12.2 Å². The quantitative estimate of drug-likeness (QED) is 0.551. The average Bonchev–Trinajstić information content (AvgIpc) is 3.15. The number of aliphatic imine (C=N–C) groups is 1. The van der Waals surface area contributed by atoms with Gasteiger partial charge in [-0.1, -0.05) is 12.1 Å². The number of imide groups is 1. The Morgan fingerprint density at radius 1 is 1.03 bits per heavy atom. The molecule has 1 fully saturated rings. The number of likely N-dealkylation sites (tertiary alicyclic amines) is 1. The highest BCUT2D eigenvalue weighted by Crippen LogP contribution is 2.41. The monoisotopic (exact) mass is 482 g/mol. The van der Waals surface area contributed by atoms with E-state index in [9.17, 15) is 14.4 Å². The fourth-order valence-corrected chi connectivity index (χ4v) is 4.44. The molecule has 0 saturated carbocycles. The Hall–Kier alpha value is -3.20. The van der Waals surface area contributed by atoms with Crippen LogP contribution < -0.4 is 9.80 Å². The largest absolute Gasteiger partial charge is 0.443 e. The molecule has 0 bridgehead atoms. The maximum atomic E-state index is 13.2. The van der Waals surface area contributed by atoms with Crippen LogP contribution in [0.3, 0.4) is 0 Å². The molecule has 1 saturated heterocycles. The first kappa shape index (κ1) is 24.9. The van der Waals surface area contributed by atoms with Crippen LogP contribution in [0.1, 0.15) is 60.8 Å². The second-order valence-corrected chi connectivity index (χ2v) is 11.1. The van der Waals surface area contributed by atoms with E-state index < -0.39 is 23.4 Å². The van der Waals surface area contributed by atoms with Gasteiger partial charge < -0.3 is 9.47 Å². The summed E-state index contributed by atoms with van der Waals surface area (Å²) in [6.45, 7) is 11.5. The Kier molecular flexibility index (Phi) is 6.48. The number of amides is 3. The number of nitrogens with zero attached hydrogens (tertiary/aromatic N) is 4. The molecule has 0 aliphatic carbocycles. The molecular formula is C26H34N4O5+. The summed E-state index contributed by atoms with van der Waals surface area (Å²) in [7, 11) is 0. The van der Waals surface area contributed by atoms with Gasteiger partial charge in [0.25, 0.3) is 6.34 Å². The molecule has 3 amide bonds. The Balaban J connectivity index is 1.58. The lowest BCUT2D eigenvalue weighted by molar-refractivity contribution is -0.137. The number of benzene rings is 1. The number of hydrogen-bond acceptors (Lipinski definition) is 7. The summed E-state index contributed by atoms with van der Waals surface area (Å²) < 4.78 is 11.1. The van der Waals surface area contributed by atoms with E-state index in [0.29, 0.717) is 25.8 Å². The lowest BCUT2D eigenvalue weighted by atomic mass is 9.92. The van der Waals surface area contributed by atoms with Crippen LogP contribution in [-0.4, -0.2) is 53.6 Å². The van der Waals surface area contributed by atoms with Crippen LogP contribution in [0.5, 0.6) is 0 Å². The van der Waals surface area contributed by atoms with Gasteiger partial charge in [0, 0.05) is 24.9 Å². The highest BCUT2D eigenvalue weighted by Gasteiger charge is 2.45. The molecule has 4 rings (SSSR count). The van der Waals surface area contributed by atoms with E-state index in [0.717, 1.165) is 22.8 Å². The standard InChI is InChI=1S/C26H34N4O5/c1-25(2,3)34-23(32)28-13-9-10-17(22(28)31)14-18-21-15-29(24(33)35-26(4,5)6)19-11-7-8-12-20(19)30(21)16-27-18/h7-8,11-12,16-17H,9-10,13-15H2,1-6H3/q+1. The molecule has 1 radical (unpaired) electrons. The molecule has 0 spiro atoms. The number of fused-ring (bicyclic) bond motifs is 3. The number of rotatable bonds is 2. The zero-order valence-corrected chi connectivity index (χ0v) is 21.3. The lowest BCUT2D eigenvalue weighted by Crippen LogP contribution is -2.47. The second-order valence-electron chi connectivity index (χ2n) is 11.1. The molecule has 1 unspecified atom stereocenters. The van der Waals surface area contributed by atoms with Gasteiger partial charge in [-0.15, -0.1) is 0 Å². The van der Waals surface area contributed by atoms with Crippen LogP contribution in [0, 0.1) is 5.92 Å². The maximum Gasteiger partial charge on any atom is 0.417 e. The highest BCUT2D eigenvalue weighted by molar-refractivity contribution is 5.98. The van der Waals surface area contributed by atoms with E-state index in [2.05, 4.69) is 4.99 Å². The number of carbonyl (C=O) groups is 3. The molecule has 9 nitrogen and oxygen atoms in total. The van der Waals surface area contributed by atoms with Crippen molar-refractivity contribution in [3.8, 4) is 0 Å². The van der Waals surface area contributed by atoms with E-state index in [-0.39, 0.29) is 18.4 Å². The third-order valence-electron chi connectivity index (χ3n) is 5.91. The van der Waals surface area contributed by atoms with Crippen molar-refractivity contribution in [2.75, 3.05) is 18.0 Å². The third kappa shape index (κ3) is 5.40. The van der Waals surface area contributed by atoms with Crippen LogP contribution in [0.25, 0.3) is 0 Å². The number of anilines is 2. The minimum Gasteiger partial charge on any atom is -0.443 e. The number of ether oxygens (including phenoxy) is 2. The van der Waals surface area contributed by atoms with Crippen LogP contribution in [0.4, 0.5) is 21.0 Å². The Bertz CT molecular complexity index is 1100. The van der Waals surface area contributed by atoms with Gasteiger partial charge in [-0.2, -0.15) is 4.99 Å². The molecule has 187 valence electrons. The minimum absolute atomic E-state index is 0.243. The molecule has 0 aromatic heterocycles. The zero-order chi connectivity index (χ0) is 25.5. The topological polar surface area (TPSA) is 94.4 Å². The summed E-state index contributed by atoms with van der Waals surface area (Å²) in [4.78, 5) is 48.2. The summed E-state index contributed by atoms with van der Waals surface area (Å²) in [5.41, 5.74) is 1.82. The predicted octanol–water partition coefficient (Wildman–Crippen LogP) is 5.03. The van der Waals surface area contributed by atoms with Gasteiger partial charge in [-0.05, 0) is 65.4 Å². The molecule has 3 heterocycles. The van der Waals surface area contributed by atoms with Crippen LogP contribution >= 0.6 is 0 Å². The molecular weight excluding hydrogens is 448 g/mol. The number of allylic oxidation sites excluding steroid dienone is 1. The first-order valence-electron chi connectivity index (χ1n) is 12.0. The van der Waals surface area contributed by atoms with Crippen molar-refractivity contribution >= 4 is 35.8 Å². The van der Waals surface area contributed by atoms with Crippen LogP contribution in [-0.2, 0) is 14.3 Å².